The molecule has 0 spiro atoms. The lowest BCUT2D eigenvalue weighted by atomic mass is 10.2. The molecule has 0 N–H and O–H groups in total. The number of hydrogen-bond acceptors (Lipinski definition) is 4. The fourth-order valence-corrected chi connectivity index (χ4v) is 4.05. The van der Waals surface area contributed by atoms with Gasteiger partial charge in [0.1, 0.15) is 5.75 Å². The maximum atomic E-state index is 13.0. The molecule has 0 saturated heterocycles. The number of ether oxygens (including phenoxy) is 1. The zero-order valence-corrected chi connectivity index (χ0v) is 17.3. The molecule has 1 heterocycles. The molecular weight excluding hydrogens is 436 g/mol. The maximum Gasteiger partial charge on any atom is 0.271 e. The molecule has 1 aromatic heterocycles. The third-order valence-electron chi connectivity index (χ3n) is 4.17. The molecule has 0 unspecified atom stereocenters. The summed E-state index contributed by atoms with van der Waals surface area (Å²) in [6.45, 7) is -0.0547. The quantitative estimate of drug-likeness (QED) is 0.346. The minimum atomic E-state index is -0.146. The molecule has 0 radical (unpaired) electrons. The van der Waals surface area contributed by atoms with Crippen molar-refractivity contribution in [3.8, 4) is 5.75 Å². The SMILES string of the molecule is O=C(COc1ccc(Br)cc1)n1c(SCc2ccccc2)nc2ccccc21. The highest BCUT2D eigenvalue weighted by Crippen LogP contribution is 2.27. The molecule has 0 atom stereocenters. The van der Waals surface area contributed by atoms with Crippen molar-refractivity contribution in [2.24, 2.45) is 0 Å². The van der Waals surface area contributed by atoms with Gasteiger partial charge in [-0.1, -0.05) is 70.2 Å². The van der Waals surface area contributed by atoms with Gasteiger partial charge in [-0.3, -0.25) is 9.36 Å². The second kappa shape index (κ2) is 8.63. The van der Waals surface area contributed by atoms with Crippen molar-refractivity contribution < 1.29 is 9.53 Å². The first-order chi connectivity index (χ1) is 13.7. The summed E-state index contributed by atoms with van der Waals surface area (Å²) in [5.41, 5.74) is 2.78. The van der Waals surface area contributed by atoms with Crippen molar-refractivity contribution in [1.82, 2.24) is 9.55 Å². The van der Waals surface area contributed by atoms with Crippen LogP contribution in [0.15, 0.2) is 88.5 Å². The number of hydrogen-bond donors (Lipinski definition) is 0. The largest absolute Gasteiger partial charge is 0.484 e. The lowest BCUT2D eigenvalue weighted by Gasteiger charge is -2.09. The number of rotatable bonds is 6. The van der Waals surface area contributed by atoms with Gasteiger partial charge in [-0.05, 0) is 42.0 Å². The molecule has 140 valence electrons. The molecule has 0 aliphatic carbocycles. The second-order valence-corrected chi connectivity index (χ2v) is 7.99. The molecule has 0 aliphatic rings. The van der Waals surface area contributed by atoms with Gasteiger partial charge in [-0.15, -0.1) is 0 Å². The summed E-state index contributed by atoms with van der Waals surface area (Å²) in [7, 11) is 0. The molecule has 4 nitrogen and oxygen atoms in total. The first-order valence-electron chi connectivity index (χ1n) is 8.76. The van der Waals surface area contributed by atoms with Crippen molar-refractivity contribution >= 4 is 44.6 Å². The van der Waals surface area contributed by atoms with Crippen LogP contribution in [0, 0.1) is 0 Å². The Hall–Kier alpha value is -2.57. The Balaban J connectivity index is 1.57. The molecule has 0 saturated carbocycles. The number of para-hydroxylation sites is 2. The summed E-state index contributed by atoms with van der Waals surface area (Å²) >= 11 is 4.94. The van der Waals surface area contributed by atoms with Gasteiger partial charge in [-0.2, -0.15) is 0 Å². The third kappa shape index (κ3) is 4.29. The number of aromatic nitrogens is 2. The molecule has 0 aliphatic heterocycles. The summed E-state index contributed by atoms with van der Waals surface area (Å²) in [4.78, 5) is 17.6. The summed E-state index contributed by atoms with van der Waals surface area (Å²) in [6, 6.07) is 25.2. The van der Waals surface area contributed by atoms with E-state index in [1.54, 1.807) is 16.3 Å². The third-order valence-corrected chi connectivity index (χ3v) is 5.70. The van der Waals surface area contributed by atoms with Crippen molar-refractivity contribution in [1.29, 1.82) is 0 Å². The average molecular weight is 453 g/mol. The van der Waals surface area contributed by atoms with Crippen LogP contribution in [-0.2, 0) is 5.75 Å². The maximum absolute atomic E-state index is 13.0. The molecule has 3 aromatic carbocycles. The van der Waals surface area contributed by atoms with E-state index in [0.29, 0.717) is 10.9 Å². The smallest absolute Gasteiger partial charge is 0.271 e. The highest BCUT2D eigenvalue weighted by Gasteiger charge is 2.17. The van der Waals surface area contributed by atoms with Gasteiger partial charge < -0.3 is 4.74 Å². The van der Waals surface area contributed by atoms with E-state index < -0.39 is 0 Å². The molecule has 4 rings (SSSR count). The Morgan fingerprint density at radius 2 is 1.68 bits per heavy atom. The Morgan fingerprint density at radius 1 is 0.964 bits per heavy atom. The van der Waals surface area contributed by atoms with Gasteiger partial charge in [0.2, 0.25) is 0 Å². The number of carbonyl (C=O) groups excluding carboxylic acids is 1. The summed E-state index contributed by atoms with van der Waals surface area (Å²) in [6.07, 6.45) is 0. The van der Waals surface area contributed by atoms with Crippen molar-refractivity contribution in [2.75, 3.05) is 6.61 Å². The minimum Gasteiger partial charge on any atom is -0.484 e. The number of benzene rings is 3. The van der Waals surface area contributed by atoms with E-state index in [0.717, 1.165) is 21.3 Å². The van der Waals surface area contributed by atoms with Crippen LogP contribution in [0.2, 0.25) is 0 Å². The number of thioether (sulfide) groups is 1. The summed E-state index contributed by atoms with van der Waals surface area (Å²) < 4.78 is 8.30. The van der Waals surface area contributed by atoms with E-state index in [1.165, 1.54) is 5.56 Å². The minimum absolute atomic E-state index is 0.0547. The number of carbonyl (C=O) groups is 1. The van der Waals surface area contributed by atoms with Crippen LogP contribution in [0.4, 0.5) is 0 Å². The van der Waals surface area contributed by atoms with Gasteiger partial charge in [0.25, 0.3) is 5.91 Å². The predicted octanol–water partition coefficient (Wildman–Crippen LogP) is 5.81. The lowest BCUT2D eigenvalue weighted by Crippen LogP contribution is -2.20. The normalized spacial score (nSPS) is 10.9. The summed E-state index contributed by atoms with van der Waals surface area (Å²) in [5, 5.41) is 0.675. The Morgan fingerprint density at radius 3 is 2.46 bits per heavy atom. The molecule has 0 bridgehead atoms. The second-order valence-electron chi connectivity index (χ2n) is 6.13. The van der Waals surface area contributed by atoms with Crippen LogP contribution in [-0.4, -0.2) is 22.1 Å². The van der Waals surface area contributed by atoms with E-state index in [9.17, 15) is 4.79 Å². The van der Waals surface area contributed by atoms with Crippen LogP contribution >= 0.6 is 27.7 Å². The standard InChI is InChI=1S/C22H17BrN2O2S/c23-17-10-12-18(13-11-17)27-14-21(26)25-20-9-5-4-8-19(20)24-22(25)28-15-16-6-2-1-3-7-16/h1-13H,14-15H2. The van der Waals surface area contributed by atoms with Crippen LogP contribution in [0.1, 0.15) is 10.4 Å². The Kier molecular flexibility index (Phi) is 5.78. The van der Waals surface area contributed by atoms with E-state index >= 15 is 0 Å². The molecular formula is C22H17BrN2O2S. The zero-order chi connectivity index (χ0) is 19.3. The predicted molar refractivity (Wildman–Crippen MR) is 116 cm³/mol. The Bertz CT molecular complexity index is 1090. The molecule has 6 heteroatoms. The van der Waals surface area contributed by atoms with Gasteiger partial charge in [0.15, 0.2) is 11.8 Å². The van der Waals surface area contributed by atoms with Crippen LogP contribution in [0.3, 0.4) is 0 Å². The van der Waals surface area contributed by atoms with E-state index in [2.05, 4.69) is 33.0 Å². The number of imidazole rings is 1. The topological polar surface area (TPSA) is 44.1 Å². The molecule has 4 aromatic rings. The van der Waals surface area contributed by atoms with E-state index in [1.807, 2.05) is 66.7 Å². The van der Waals surface area contributed by atoms with Crippen molar-refractivity contribution in [3.05, 3.63) is 88.9 Å². The lowest BCUT2D eigenvalue weighted by molar-refractivity contribution is 0.0832. The molecule has 0 fully saturated rings. The summed E-state index contributed by atoms with van der Waals surface area (Å²) in [5.74, 6) is 1.25. The number of fused-ring (bicyclic) bond motifs is 1. The average Bonchev–Trinajstić information content (AvgIpc) is 3.11. The van der Waals surface area contributed by atoms with E-state index in [4.69, 9.17) is 4.74 Å². The number of nitrogens with zero attached hydrogens (tertiary/aromatic N) is 2. The highest BCUT2D eigenvalue weighted by atomic mass is 79.9. The fourth-order valence-electron chi connectivity index (χ4n) is 2.80. The van der Waals surface area contributed by atoms with Crippen molar-refractivity contribution in [3.63, 3.8) is 0 Å². The number of halogens is 1. The first-order valence-corrected chi connectivity index (χ1v) is 10.5. The monoisotopic (exact) mass is 452 g/mol. The first kappa shape index (κ1) is 18.8. The van der Waals surface area contributed by atoms with Crippen molar-refractivity contribution in [2.45, 2.75) is 10.9 Å². The fraction of sp³-hybridized carbons (Fsp3) is 0.0909. The van der Waals surface area contributed by atoms with Gasteiger partial charge >= 0.3 is 0 Å². The highest BCUT2D eigenvalue weighted by molar-refractivity contribution is 9.10. The van der Waals surface area contributed by atoms with Crippen LogP contribution in [0.25, 0.3) is 11.0 Å². The molecule has 0 amide bonds. The van der Waals surface area contributed by atoms with Gasteiger partial charge in [-0.25, -0.2) is 4.98 Å². The van der Waals surface area contributed by atoms with Crippen LogP contribution < -0.4 is 4.74 Å². The van der Waals surface area contributed by atoms with E-state index in [-0.39, 0.29) is 12.5 Å². The van der Waals surface area contributed by atoms with Gasteiger partial charge in [0, 0.05) is 10.2 Å². The Labute approximate surface area is 175 Å². The van der Waals surface area contributed by atoms with Crippen LogP contribution in [0.5, 0.6) is 5.75 Å². The van der Waals surface area contributed by atoms with Gasteiger partial charge in [0.05, 0.1) is 11.0 Å². The molecule has 28 heavy (non-hydrogen) atoms. The zero-order valence-electron chi connectivity index (χ0n) is 14.9.